The lowest BCUT2D eigenvalue weighted by atomic mass is 9.75. The molecule has 10 heteroatoms. The van der Waals surface area contributed by atoms with Gasteiger partial charge in [0.2, 0.25) is 5.82 Å². The van der Waals surface area contributed by atoms with Crippen molar-refractivity contribution in [2.45, 2.75) is 25.7 Å². The van der Waals surface area contributed by atoms with Crippen LogP contribution < -0.4 is 4.90 Å². The fourth-order valence-electron chi connectivity index (χ4n) is 3.91. The van der Waals surface area contributed by atoms with E-state index in [0.29, 0.717) is 12.4 Å². The van der Waals surface area contributed by atoms with E-state index in [0.717, 1.165) is 5.69 Å². The molecule has 0 radical (unpaired) electrons. The molecule has 1 amide bonds. The third-order valence-electron chi connectivity index (χ3n) is 5.50. The van der Waals surface area contributed by atoms with E-state index in [-0.39, 0.29) is 38.3 Å². The number of piperidine rings is 1. The molecule has 2 aromatic heterocycles. The number of aromatic nitrogens is 5. The maximum Gasteiger partial charge on any atom is 0.293 e. The van der Waals surface area contributed by atoms with Gasteiger partial charge in [-0.25, -0.2) is 13.8 Å². The number of hydrogen-bond acceptors (Lipinski definition) is 6. The molecule has 2 aliphatic heterocycles. The van der Waals surface area contributed by atoms with Gasteiger partial charge in [-0.3, -0.25) is 9.48 Å². The number of anilines is 1. The number of amides is 1. The van der Waals surface area contributed by atoms with Crippen molar-refractivity contribution in [3.05, 3.63) is 30.0 Å². The molecule has 2 fully saturated rings. The molecule has 27 heavy (non-hydrogen) atoms. The van der Waals surface area contributed by atoms with E-state index in [2.05, 4.69) is 20.3 Å². The van der Waals surface area contributed by atoms with Crippen LogP contribution in [0.3, 0.4) is 0 Å². The van der Waals surface area contributed by atoms with E-state index in [4.69, 9.17) is 0 Å². The highest BCUT2D eigenvalue weighted by molar-refractivity contribution is 5.90. The third-order valence-corrected chi connectivity index (χ3v) is 5.50. The van der Waals surface area contributed by atoms with Crippen LogP contribution in [0.15, 0.2) is 18.5 Å². The standard InChI is InChI=1S/C17H21F2N7O/c1-12-3-4-13(22-21-12)25-7-5-16(9-25)10-26(8-6-17(16,18)19)15(27)14-20-11-24(2)23-14/h3-4,11H,5-10H2,1-2H3/t16-/m0/s1. The molecule has 8 nitrogen and oxygen atoms in total. The summed E-state index contributed by atoms with van der Waals surface area (Å²) in [5.41, 5.74) is -0.530. The Balaban J connectivity index is 1.56. The van der Waals surface area contributed by atoms with Crippen molar-refractivity contribution < 1.29 is 13.6 Å². The summed E-state index contributed by atoms with van der Waals surface area (Å²) in [5.74, 6) is -2.63. The van der Waals surface area contributed by atoms with Crippen molar-refractivity contribution in [3.8, 4) is 0 Å². The van der Waals surface area contributed by atoms with Gasteiger partial charge in [0.15, 0.2) is 5.82 Å². The Morgan fingerprint density at radius 3 is 2.63 bits per heavy atom. The molecule has 0 saturated carbocycles. The monoisotopic (exact) mass is 377 g/mol. The van der Waals surface area contributed by atoms with E-state index in [1.807, 2.05) is 17.9 Å². The van der Waals surface area contributed by atoms with Crippen molar-refractivity contribution in [2.75, 3.05) is 31.1 Å². The van der Waals surface area contributed by atoms with E-state index >= 15 is 0 Å². The fraction of sp³-hybridized carbons (Fsp3) is 0.588. The van der Waals surface area contributed by atoms with E-state index < -0.39 is 17.2 Å². The molecule has 2 saturated heterocycles. The number of alkyl halides is 2. The Labute approximate surface area is 155 Å². The Hall–Kier alpha value is -2.65. The Kier molecular flexibility index (Phi) is 4.08. The van der Waals surface area contributed by atoms with Crippen LogP contribution in [-0.4, -0.2) is 67.9 Å². The van der Waals surface area contributed by atoms with Crippen LogP contribution in [-0.2, 0) is 7.05 Å². The average molecular weight is 377 g/mol. The first kappa shape index (κ1) is 17.7. The Morgan fingerprint density at radius 2 is 1.96 bits per heavy atom. The molecule has 1 spiro atoms. The highest BCUT2D eigenvalue weighted by Crippen LogP contribution is 2.50. The third kappa shape index (κ3) is 3.02. The molecule has 4 rings (SSSR count). The minimum absolute atomic E-state index is 0.00379. The summed E-state index contributed by atoms with van der Waals surface area (Å²) in [6, 6.07) is 3.61. The van der Waals surface area contributed by atoms with Crippen LogP contribution in [0.1, 0.15) is 29.2 Å². The van der Waals surface area contributed by atoms with Gasteiger partial charge in [0, 0.05) is 39.6 Å². The zero-order valence-corrected chi connectivity index (χ0v) is 15.3. The fourth-order valence-corrected chi connectivity index (χ4v) is 3.91. The average Bonchev–Trinajstić information content (AvgIpc) is 3.25. The van der Waals surface area contributed by atoms with E-state index in [1.54, 1.807) is 13.1 Å². The summed E-state index contributed by atoms with van der Waals surface area (Å²) in [7, 11) is 1.66. The zero-order chi connectivity index (χ0) is 19.2. The molecule has 1 atom stereocenters. The number of carbonyl (C=O) groups excluding carboxylic acids is 1. The summed E-state index contributed by atoms with van der Waals surface area (Å²) >= 11 is 0. The lowest BCUT2D eigenvalue weighted by Crippen LogP contribution is -2.58. The van der Waals surface area contributed by atoms with Crippen molar-refractivity contribution >= 4 is 11.7 Å². The minimum atomic E-state index is -2.85. The summed E-state index contributed by atoms with van der Waals surface area (Å²) in [6.45, 7) is 2.39. The normalized spacial score (nSPS) is 24.6. The first-order chi connectivity index (χ1) is 12.8. The largest absolute Gasteiger partial charge is 0.354 e. The van der Waals surface area contributed by atoms with Crippen LogP contribution in [0, 0.1) is 12.3 Å². The second kappa shape index (κ2) is 6.21. The topological polar surface area (TPSA) is 80.0 Å². The van der Waals surface area contributed by atoms with Crippen LogP contribution in [0.2, 0.25) is 0 Å². The molecule has 0 bridgehead atoms. The molecule has 0 aromatic carbocycles. The number of carbonyl (C=O) groups is 1. The van der Waals surface area contributed by atoms with Gasteiger partial charge in [-0.1, -0.05) is 0 Å². The molecule has 2 aliphatic rings. The molecule has 144 valence electrons. The summed E-state index contributed by atoms with van der Waals surface area (Å²) in [5, 5.41) is 12.1. The number of halogens is 2. The van der Waals surface area contributed by atoms with Crippen LogP contribution in [0.25, 0.3) is 0 Å². The number of aryl methyl sites for hydroxylation is 2. The highest BCUT2D eigenvalue weighted by atomic mass is 19.3. The summed E-state index contributed by atoms with van der Waals surface area (Å²) < 4.78 is 31.3. The predicted molar refractivity (Wildman–Crippen MR) is 92.5 cm³/mol. The van der Waals surface area contributed by atoms with Gasteiger partial charge in [0.25, 0.3) is 11.8 Å². The molecule has 0 N–H and O–H groups in total. The van der Waals surface area contributed by atoms with E-state index in [9.17, 15) is 13.6 Å². The van der Waals surface area contributed by atoms with Crippen molar-refractivity contribution in [2.24, 2.45) is 12.5 Å². The SMILES string of the molecule is Cc1ccc(N2CC[C@@]3(CN(C(=O)c4ncn(C)n4)CCC3(F)F)C2)nn1. The van der Waals surface area contributed by atoms with Gasteiger partial charge in [0.1, 0.15) is 6.33 Å². The van der Waals surface area contributed by atoms with Gasteiger partial charge in [-0.05, 0) is 25.5 Å². The number of nitrogens with zero attached hydrogens (tertiary/aromatic N) is 7. The van der Waals surface area contributed by atoms with Crippen molar-refractivity contribution in [1.82, 2.24) is 29.9 Å². The predicted octanol–water partition coefficient (Wildman–Crippen LogP) is 1.29. The Bertz CT molecular complexity index is 853. The van der Waals surface area contributed by atoms with Gasteiger partial charge in [0.05, 0.1) is 11.1 Å². The number of hydrogen-bond donors (Lipinski definition) is 0. The van der Waals surface area contributed by atoms with Crippen LogP contribution >= 0.6 is 0 Å². The molecule has 2 aromatic rings. The molecular weight excluding hydrogens is 356 g/mol. The summed E-state index contributed by atoms with van der Waals surface area (Å²) in [4.78, 5) is 19.9. The van der Waals surface area contributed by atoms with Gasteiger partial charge in [-0.2, -0.15) is 5.10 Å². The molecule has 0 aliphatic carbocycles. The van der Waals surface area contributed by atoms with Crippen LogP contribution in [0.4, 0.5) is 14.6 Å². The van der Waals surface area contributed by atoms with Crippen LogP contribution in [0.5, 0.6) is 0 Å². The molecular formula is C17H21F2N7O. The summed E-state index contributed by atoms with van der Waals surface area (Å²) in [6.07, 6.45) is 1.35. The first-order valence-corrected chi connectivity index (χ1v) is 8.88. The van der Waals surface area contributed by atoms with Gasteiger partial charge >= 0.3 is 0 Å². The van der Waals surface area contributed by atoms with E-state index in [1.165, 1.54) is 15.9 Å². The zero-order valence-electron chi connectivity index (χ0n) is 15.3. The second-order valence-electron chi connectivity index (χ2n) is 7.41. The van der Waals surface area contributed by atoms with Crippen molar-refractivity contribution in [3.63, 3.8) is 0 Å². The molecule has 4 heterocycles. The first-order valence-electron chi connectivity index (χ1n) is 8.88. The Morgan fingerprint density at radius 1 is 1.15 bits per heavy atom. The van der Waals surface area contributed by atoms with Gasteiger partial charge < -0.3 is 9.80 Å². The smallest absolute Gasteiger partial charge is 0.293 e. The maximum absolute atomic E-state index is 14.9. The lowest BCUT2D eigenvalue weighted by Gasteiger charge is -2.45. The van der Waals surface area contributed by atoms with Crippen molar-refractivity contribution in [1.29, 1.82) is 0 Å². The highest BCUT2D eigenvalue weighted by Gasteiger charge is 2.60. The molecule has 0 unspecified atom stereocenters. The maximum atomic E-state index is 14.9. The minimum Gasteiger partial charge on any atom is -0.354 e. The lowest BCUT2D eigenvalue weighted by molar-refractivity contribution is -0.150. The quantitative estimate of drug-likeness (QED) is 0.785. The van der Waals surface area contributed by atoms with Gasteiger partial charge in [-0.15, -0.1) is 10.2 Å². The number of rotatable bonds is 2. The number of likely N-dealkylation sites (tertiary alicyclic amines) is 1. The second-order valence-corrected chi connectivity index (χ2v) is 7.41.